The van der Waals surface area contributed by atoms with Gasteiger partial charge in [-0.15, -0.1) is 0 Å². The minimum atomic E-state index is -0.680. The van der Waals surface area contributed by atoms with Crippen LogP contribution in [0.15, 0.2) is 30.5 Å². The van der Waals surface area contributed by atoms with Gasteiger partial charge in [0.1, 0.15) is 28.6 Å². The number of halogens is 2. The lowest BCUT2D eigenvalue weighted by atomic mass is 9.93. The highest BCUT2D eigenvalue weighted by Crippen LogP contribution is 2.43. The summed E-state index contributed by atoms with van der Waals surface area (Å²) in [4.78, 5) is 15.5. The molecular formula is C26H24F2N4O3. The average Bonchev–Trinajstić information content (AvgIpc) is 3.29. The first-order chi connectivity index (χ1) is 17.0. The third-order valence-electron chi connectivity index (χ3n) is 7.18. The minimum Gasteiger partial charge on any atom is -0.508 e. The molecular weight excluding hydrogens is 454 g/mol. The maximum absolute atomic E-state index is 16.2. The topological polar surface area (TPSA) is 80.6 Å². The summed E-state index contributed by atoms with van der Waals surface area (Å²) >= 11 is 0. The van der Waals surface area contributed by atoms with Gasteiger partial charge in [0, 0.05) is 18.3 Å². The second-order valence-corrected chi connectivity index (χ2v) is 9.16. The Kier molecular flexibility index (Phi) is 5.00. The number of phenols is 1. The first-order valence-electron chi connectivity index (χ1n) is 11.7. The summed E-state index contributed by atoms with van der Waals surface area (Å²) in [7, 11) is 1.44. The summed E-state index contributed by atoms with van der Waals surface area (Å²) in [6, 6.07) is 5.93. The number of rotatable bonds is 4. The smallest absolute Gasteiger partial charge is 0.318 e. The fourth-order valence-electron chi connectivity index (χ4n) is 5.45. The zero-order valence-electron chi connectivity index (χ0n) is 19.4. The molecule has 0 saturated carbocycles. The second-order valence-electron chi connectivity index (χ2n) is 9.16. The van der Waals surface area contributed by atoms with Crippen LogP contribution in [0.25, 0.3) is 32.9 Å². The lowest BCUT2D eigenvalue weighted by Crippen LogP contribution is -2.59. The van der Waals surface area contributed by atoms with Crippen LogP contribution >= 0.6 is 0 Å². The van der Waals surface area contributed by atoms with Crippen molar-refractivity contribution in [1.82, 2.24) is 15.0 Å². The largest absolute Gasteiger partial charge is 0.508 e. The zero-order valence-corrected chi connectivity index (χ0v) is 19.4. The number of phenolic OH excluding ortho intramolecular Hbond substituents is 1. The Balaban J connectivity index is 1.62. The molecule has 2 aliphatic rings. The molecule has 7 nitrogen and oxygen atoms in total. The standard InChI is InChI=1S/C26H24F2N4O3/c1-3-16-19(27)6-5-14-9-15(33)10-17(20(14)16)22-21(28)23-18(11-29-22)24(31-25(30-23)34-2)32-8-4-7-26(32)12-35-13-26/h5-6,9-11,33H,3-4,7-8,12-13H2,1-2H3. The number of aromatic hydroxyl groups is 1. The molecule has 4 aromatic rings. The maximum Gasteiger partial charge on any atom is 0.318 e. The number of methoxy groups -OCH3 is 1. The number of ether oxygens (including phenoxy) is 2. The van der Waals surface area contributed by atoms with Crippen molar-refractivity contribution in [2.75, 3.05) is 31.8 Å². The number of hydrogen-bond acceptors (Lipinski definition) is 7. The van der Waals surface area contributed by atoms with Crippen LogP contribution in [0.3, 0.4) is 0 Å². The Morgan fingerprint density at radius 3 is 2.74 bits per heavy atom. The highest BCUT2D eigenvalue weighted by molar-refractivity contribution is 6.01. The van der Waals surface area contributed by atoms with E-state index in [-0.39, 0.29) is 34.3 Å². The third-order valence-corrected chi connectivity index (χ3v) is 7.18. The predicted molar refractivity (Wildman–Crippen MR) is 128 cm³/mol. The second kappa shape index (κ2) is 7.98. The number of nitrogens with zero attached hydrogens (tertiary/aromatic N) is 4. The van der Waals surface area contributed by atoms with E-state index in [2.05, 4.69) is 19.9 Å². The van der Waals surface area contributed by atoms with Gasteiger partial charge in [0.05, 0.1) is 31.2 Å². The van der Waals surface area contributed by atoms with E-state index < -0.39 is 5.82 Å². The fourth-order valence-corrected chi connectivity index (χ4v) is 5.45. The van der Waals surface area contributed by atoms with Crippen LogP contribution in [-0.4, -0.2) is 52.5 Å². The zero-order chi connectivity index (χ0) is 24.3. The van der Waals surface area contributed by atoms with E-state index in [0.29, 0.717) is 52.7 Å². The van der Waals surface area contributed by atoms with Crippen molar-refractivity contribution < 1.29 is 23.4 Å². The SMILES string of the molecule is CCc1c(F)ccc2cc(O)cc(-c3ncc4c(N5CCCC56COC6)nc(OC)nc4c3F)c12. The molecule has 180 valence electrons. The van der Waals surface area contributed by atoms with Crippen LogP contribution in [0.5, 0.6) is 11.8 Å². The molecule has 0 atom stereocenters. The van der Waals surface area contributed by atoms with E-state index in [4.69, 9.17) is 9.47 Å². The first kappa shape index (κ1) is 21.9. The summed E-state index contributed by atoms with van der Waals surface area (Å²) in [6.45, 7) is 3.78. The number of aromatic nitrogens is 3. The van der Waals surface area contributed by atoms with Crippen LogP contribution in [0.2, 0.25) is 0 Å². The Labute approximate surface area is 200 Å². The number of aryl methyl sites for hydroxylation is 1. The molecule has 2 aliphatic heterocycles. The van der Waals surface area contributed by atoms with Crippen LogP contribution in [-0.2, 0) is 11.2 Å². The summed E-state index contributed by atoms with van der Waals surface area (Å²) < 4.78 is 41.7. The quantitative estimate of drug-likeness (QED) is 0.453. The molecule has 9 heteroatoms. The van der Waals surface area contributed by atoms with E-state index >= 15 is 4.39 Å². The molecule has 0 radical (unpaired) electrons. The van der Waals surface area contributed by atoms with Crippen molar-refractivity contribution in [3.8, 4) is 23.0 Å². The average molecular weight is 478 g/mol. The number of fused-ring (bicyclic) bond motifs is 2. The number of pyridine rings is 1. The van der Waals surface area contributed by atoms with Gasteiger partial charge < -0.3 is 19.5 Å². The summed E-state index contributed by atoms with van der Waals surface area (Å²) in [5.41, 5.74) is 0.624. The molecule has 2 aromatic heterocycles. The molecule has 0 amide bonds. The van der Waals surface area contributed by atoms with Gasteiger partial charge in [0.2, 0.25) is 0 Å². The van der Waals surface area contributed by atoms with Crippen LogP contribution < -0.4 is 9.64 Å². The fraction of sp³-hybridized carbons (Fsp3) is 0.346. The van der Waals surface area contributed by atoms with Crippen molar-refractivity contribution in [3.63, 3.8) is 0 Å². The monoisotopic (exact) mass is 478 g/mol. The Bertz CT molecular complexity index is 1490. The number of benzene rings is 2. The Morgan fingerprint density at radius 2 is 2.03 bits per heavy atom. The van der Waals surface area contributed by atoms with Gasteiger partial charge in [-0.2, -0.15) is 9.97 Å². The van der Waals surface area contributed by atoms with E-state index in [1.165, 1.54) is 25.3 Å². The van der Waals surface area contributed by atoms with Crippen molar-refractivity contribution >= 4 is 27.5 Å². The van der Waals surface area contributed by atoms with Gasteiger partial charge in [0.15, 0.2) is 5.82 Å². The van der Waals surface area contributed by atoms with Crippen molar-refractivity contribution in [2.45, 2.75) is 31.7 Å². The van der Waals surface area contributed by atoms with Crippen molar-refractivity contribution in [2.24, 2.45) is 0 Å². The van der Waals surface area contributed by atoms with Gasteiger partial charge in [-0.05, 0) is 53.8 Å². The van der Waals surface area contributed by atoms with Crippen LogP contribution in [0.1, 0.15) is 25.3 Å². The van der Waals surface area contributed by atoms with Gasteiger partial charge >= 0.3 is 6.01 Å². The molecule has 2 fully saturated rings. The molecule has 35 heavy (non-hydrogen) atoms. The van der Waals surface area contributed by atoms with E-state index in [1.54, 1.807) is 12.3 Å². The normalized spacial score (nSPS) is 16.9. The summed E-state index contributed by atoms with van der Waals surface area (Å²) in [5.74, 6) is -0.568. The van der Waals surface area contributed by atoms with Gasteiger partial charge in [0.25, 0.3) is 0 Å². The van der Waals surface area contributed by atoms with E-state index in [0.717, 1.165) is 19.4 Å². The lowest BCUT2D eigenvalue weighted by Gasteiger charge is -2.45. The third kappa shape index (κ3) is 3.21. The molecule has 6 rings (SSSR count). The minimum absolute atomic E-state index is 0.0199. The van der Waals surface area contributed by atoms with E-state index in [1.807, 2.05) is 6.92 Å². The maximum atomic E-state index is 16.2. The molecule has 2 aromatic carbocycles. The highest BCUT2D eigenvalue weighted by atomic mass is 19.1. The Morgan fingerprint density at radius 1 is 1.20 bits per heavy atom. The molecule has 4 heterocycles. The molecule has 2 saturated heterocycles. The summed E-state index contributed by atoms with van der Waals surface area (Å²) in [5, 5.41) is 11.9. The molecule has 0 unspecified atom stereocenters. The van der Waals surface area contributed by atoms with Crippen LogP contribution in [0, 0.1) is 11.6 Å². The van der Waals surface area contributed by atoms with Crippen molar-refractivity contribution in [1.29, 1.82) is 0 Å². The molecule has 1 N–H and O–H groups in total. The molecule has 1 spiro atoms. The first-order valence-corrected chi connectivity index (χ1v) is 11.7. The lowest BCUT2D eigenvalue weighted by molar-refractivity contribution is -0.0507. The number of anilines is 1. The summed E-state index contributed by atoms with van der Waals surface area (Å²) in [6.07, 6.45) is 3.89. The number of hydrogen-bond donors (Lipinski definition) is 1. The Hall–Kier alpha value is -3.59. The van der Waals surface area contributed by atoms with E-state index in [9.17, 15) is 9.50 Å². The van der Waals surface area contributed by atoms with Gasteiger partial charge in [-0.25, -0.2) is 8.78 Å². The van der Waals surface area contributed by atoms with Crippen molar-refractivity contribution in [3.05, 3.63) is 47.7 Å². The molecule has 0 bridgehead atoms. The van der Waals surface area contributed by atoms with Crippen LogP contribution in [0.4, 0.5) is 14.6 Å². The highest BCUT2D eigenvalue weighted by Gasteiger charge is 2.48. The van der Waals surface area contributed by atoms with Gasteiger partial charge in [-0.3, -0.25) is 4.98 Å². The molecule has 0 aliphatic carbocycles. The predicted octanol–water partition coefficient (Wildman–Crippen LogP) is 4.77. The van der Waals surface area contributed by atoms with Gasteiger partial charge in [-0.1, -0.05) is 13.0 Å².